The highest BCUT2D eigenvalue weighted by atomic mass is 16.5. The van der Waals surface area contributed by atoms with Crippen molar-refractivity contribution in [2.24, 2.45) is 5.41 Å². The molecule has 1 N–H and O–H groups in total. The van der Waals surface area contributed by atoms with Gasteiger partial charge >= 0.3 is 0 Å². The minimum Gasteiger partial charge on any atom is -0.380 e. The average molecular weight is 213 g/mol. The largest absolute Gasteiger partial charge is 0.380 e. The molecule has 1 atom stereocenters. The van der Waals surface area contributed by atoms with E-state index in [4.69, 9.17) is 4.74 Å². The fraction of sp³-hybridized carbons (Fsp3) is 1.00. The Kier molecular flexibility index (Phi) is 5.62. The zero-order valence-electron chi connectivity index (χ0n) is 10.6. The van der Waals surface area contributed by atoms with E-state index in [0.29, 0.717) is 11.5 Å². The first-order valence-electron chi connectivity index (χ1n) is 6.60. The van der Waals surface area contributed by atoms with Crippen LogP contribution in [0.1, 0.15) is 52.9 Å². The van der Waals surface area contributed by atoms with Crippen molar-refractivity contribution in [1.29, 1.82) is 0 Å². The van der Waals surface area contributed by atoms with E-state index in [1.54, 1.807) is 0 Å². The quantitative estimate of drug-likeness (QED) is 0.702. The first-order chi connectivity index (χ1) is 7.29. The molecule has 0 amide bonds. The van der Waals surface area contributed by atoms with Crippen LogP contribution in [-0.2, 0) is 4.74 Å². The van der Waals surface area contributed by atoms with Crippen LogP contribution in [0.15, 0.2) is 0 Å². The third-order valence-corrected chi connectivity index (χ3v) is 3.98. The molecule has 0 saturated heterocycles. The molecule has 1 fully saturated rings. The van der Waals surface area contributed by atoms with Gasteiger partial charge in [0.1, 0.15) is 0 Å². The van der Waals surface area contributed by atoms with Crippen LogP contribution in [0.3, 0.4) is 0 Å². The lowest BCUT2D eigenvalue weighted by Gasteiger charge is -2.37. The molecular weight excluding hydrogens is 186 g/mol. The fourth-order valence-corrected chi connectivity index (χ4v) is 2.96. The van der Waals surface area contributed by atoms with Gasteiger partial charge in [0.05, 0.1) is 6.61 Å². The first-order valence-corrected chi connectivity index (χ1v) is 6.60. The number of ether oxygens (including phenoxy) is 1. The van der Waals surface area contributed by atoms with E-state index in [9.17, 15) is 0 Å². The van der Waals surface area contributed by atoms with E-state index in [0.717, 1.165) is 19.8 Å². The van der Waals surface area contributed by atoms with Gasteiger partial charge in [-0.2, -0.15) is 0 Å². The van der Waals surface area contributed by atoms with Crippen LogP contribution in [-0.4, -0.2) is 25.8 Å². The lowest BCUT2D eigenvalue weighted by molar-refractivity contribution is 0.0627. The van der Waals surface area contributed by atoms with Gasteiger partial charge in [-0.15, -0.1) is 0 Å². The summed E-state index contributed by atoms with van der Waals surface area (Å²) in [5.74, 6) is 0. The Morgan fingerprint density at radius 2 is 1.87 bits per heavy atom. The molecule has 90 valence electrons. The number of hydrogen-bond donors (Lipinski definition) is 1. The molecule has 0 aliphatic heterocycles. The molecular formula is C13H27NO. The van der Waals surface area contributed by atoms with Gasteiger partial charge in [-0.3, -0.25) is 0 Å². The van der Waals surface area contributed by atoms with Crippen molar-refractivity contribution in [2.75, 3.05) is 19.8 Å². The average Bonchev–Trinajstić information content (AvgIpc) is 2.74. The number of rotatable bonds is 7. The lowest BCUT2D eigenvalue weighted by atomic mass is 9.76. The van der Waals surface area contributed by atoms with E-state index >= 15 is 0 Å². The Balaban J connectivity index is 2.57. The van der Waals surface area contributed by atoms with Crippen molar-refractivity contribution in [3.05, 3.63) is 0 Å². The van der Waals surface area contributed by atoms with Crippen LogP contribution in [0.5, 0.6) is 0 Å². The molecule has 15 heavy (non-hydrogen) atoms. The van der Waals surface area contributed by atoms with Crippen molar-refractivity contribution in [3.8, 4) is 0 Å². The van der Waals surface area contributed by atoms with E-state index < -0.39 is 0 Å². The fourth-order valence-electron chi connectivity index (χ4n) is 2.96. The van der Waals surface area contributed by atoms with Gasteiger partial charge in [0.25, 0.3) is 0 Å². The second-order valence-corrected chi connectivity index (χ2v) is 4.69. The van der Waals surface area contributed by atoms with Crippen LogP contribution < -0.4 is 5.32 Å². The van der Waals surface area contributed by atoms with E-state index in [1.165, 1.54) is 32.1 Å². The lowest BCUT2D eigenvalue weighted by Crippen LogP contribution is -2.46. The van der Waals surface area contributed by atoms with Crippen molar-refractivity contribution >= 4 is 0 Å². The molecule has 0 radical (unpaired) electrons. The SMILES string of the molecule is CCNC(COCC)C1(CC)CCCC1. The highest BCUT2D eigenvalue weighted by Gasteiger charge is 2.39. The number of likely N-dealkylation sites (N-methyl/N-ethyl adjacent to an activating group) is 1. The Bertz CT molecular complexity index is 164. The van der Waals surface area contributed by atoms with Gasteiger partial charge < -0.3 is 10.1 Å². The van der Waals surface area contributed by atoms with Crippen molar-refractivity contribution < 1.29 is 4.74 Å². The zero-order chi connectivity index (χ0) is 11.1. The predicted octanol–water partition coefficient (Wildman–Crippen LogP) is 2.97. The Morgan fingerprint density at radius 1 is 1.20 bits per heavy atom. The minimum absolute atomic E-state index is 0.519. The summed E-state index contributed by atoms with van der Waals surface area (Å²) in [6.45, 7) is 9.38. The summed E-state index contributed by atoms with van der Waals surface area (Å²) in [6, 6.07) is 0.565. The van der Waals surface area contributed by atoms with Gasteiger partial charge in [-0.05, 0) is 38.1 Å². The summed E-state index contributed by atoms with van der Waals surface area (Å²) in [6.07, 6.45) is 6.87. The maximum Gasteiger partial charge on any atom is 0.0624 e. The van der Waals surface area contributed by atoms with E-state index in [2.05, 4.69) is 26.1 Å². The second kappa shape index (κ2) is 6.49. The van der Waals surface area contributed by atoms with Crippen LogP contribution in [0.25, 0.3) is 0 Å². The van der Waals surface area contributed by atoms with Crippen LogP contribution >= 0.6 is 0 Å². The third-order valence-electron chi connectivity index (χ3n) is 3.98. The van der Waals surface area contributed by atoms with Crippen LogP contribution in [0.2, 0.25) is 0 Å². The molecule has 1 rings (SSSR count). The third kappa shape index (κ3) is 3.18. The molecule has 0 bridgehead atoms. The molecule has 1 aliphatic carbocycles. The van der Waals surface area contributed by atoms with Crippen molar-refractivity contribution in [1.82, 2.24) is 5.32 Å². The van der Waals surface area contributed by atoms with Crippen molar-refractivity contribution in [3.63, 3.8) is 0 Å². The smallest absolute Gasteiger partial charge is 0.0624 e. The molecule has 2 nitrogen and oxygen atoms in total. The number of nitrogens with one attached hydrogen (secondary N) is 1. The molecule has 1 aliphatic rings. The minimum atomic E-state index is 0.519. The summed E-state index contributed by atoms with van der Waals surface area (Å²) in [5, 5.41) is 3.63. The molecule has 1 saturated carbocycles. The summed E-state index contributed by atoms with van der Waals surface area (Å²) in [7, 11) is 0. The molecule has 0 aromatic heterocycles. The standard InChI is InChI=1S/C13H27NO/c1-4-13(9-7-8-10-13)12(14-5-2)11-15-6-3/h12,14H,4-11H2,1-3H3. The topological polar surface area (TPSA) is 21.3 Å². The first kappa shape index (κ1) is 13.0. The molecule has 0 spiro atoms. The predicted molar refractivity (Wildman–Crippen MR) is 65.1 cm³/mol. The highest BCUT2D eigenvalue weighted by molar-refractivity contribution is 4.93. The van der Waals surface area contributed by atoms with E-state index in [-0.39, 0.29) is 0 Å². The second-order valence-electron chi connectivity index (χ2n) is 4.69. The Labute approximate surface area is 94.8 Å². The van der Waals surface area contributed by atoms with Gasteiger partial charge in [-0.25, -0.2) is 0 Å². The van der Waals surface area contributed by atoms with Crippen molar-refractivity contribution in [2.45, 2.75) is 58.9 Å². The van der Waals surface area contributed by atoms with Gasteiger partial charge in [0, 0.05) is 12.6 Å². The summed E-state index contributed by atoms with van der Waals surface area (Å²) in [5.41, 5.74) is 0.519. The van der Waals surface area contributed by atoms with Crippen LogP contribution in [0.4, 0.5) is 0 Å². The van der Waals surface area contributed by atoms with Crippen LogP contribution in [0, 0.1) is 5.41 Å². The summed E-state index contributed by atoms with van der Waals surface area (Å²) >= 11 is 0. The van der Waals surface area contributed by atoms with Gasteiger partial charge in [0.2, 0.25) is 0 Å². The molecule has 0 heterocycles. The monoisotopic (exact) mass is 213 g/mol. The van der Waals surface area contributed by atoms with Gasteiger partial charge in [-0.1, -0.05) is 26.7 Å². The molecule has 1 unspecified atom stereocenters. The molecule has 0 aromatic rings. The molecule has 0 aromatic carbocycles. The maximum atomic E-state index is 5.62. The van der Waals surface area contributed by atoms with E-state index in [1.807, 2.05) is 0 Å². The Morgan fingerprint density at radius 3 is 2.33 bits per heavy atom. The maximum absolute atomic E-state index is 5.62. The summed E-state index contributed by atoms with van der Waals surface area (Å²) < 4.78 is 5.62. The Hall–Kier alpha value is -0.0800. The normalized spacial score (nSPS) is 21.8. The molecule has 2 heteroatoms. The summed E-state index contributed by atoms with van der Waals surface area (Å²) in [4.78, 5) is 0. The number of hydrogen-bond acceptors (Lipinski definition) is 2. The highest BCUT2D eigenvalue weighted by Crippen LogP contribution is 2.43. The van der Waals surface area contributed by atoms with Gasteiger partial charge in [0.15, 0.2) is 0 Å². The zero-order valence-corrected chi connectivity index (χ0v) is 10.6.